The van der Waals surface area contributed by atoms with Crippen molar-refractivity contribution < 1.29 is 9.59 Å². The largest absolute Gasteiger partial charge is 0.298 e. The van der Waals surface area contributed by atoms with Gasteiger partial charge in [0.25, 0.3) is 0 Å². The summed E-state index contributed by atoms with van der Waals surface area (Å²) in [5, 5.41) is 0. The average molecular weight is 236 g/mol. The molecule has 88 valence electrons. The van der Waals surface area contributed by atoms with Crippen LogP contribution in [0.4, 0.5) is 0 Å². The van der Waals surface area contributed by atoms with Crippen molar-refractivity contribution in [2.45, 2.75) is 0 Å². The van der Waals surface area contributed by atoms with Gasteiger partial charge < -0.3 is 0 Å². The predicted molar refractivity (Wildman–Crippen MR) is 71.6 cm³/mol. The van der Waals surface area contributed by atoms with E-state index in [-0.39, 0.29) is 0 Å². The lowest BCUT2D eigenvalue weighted by Crippen LogP contribution is -1.78. The van der Waals surface area contributed by atoms with Crippen LogP contribution >= 0.6 is 0 Å². The number of rotatable bonds is 2. The van der Waals surface area contributed by atoms with E-state index in [1.807, 2.05) is 18.2 Å². The quantitative estimate of drug-likeness (QED) is 0.593. The van der Waals surface area contributed by atoms with Crippen LogP contribution in [0.15, 0.2) is 54.6 Å². The van der Waals surface area contributed by atoms with E-state index in [0.29, 0.717) is 5.56 Å². The van der Waals surface area contributed by atoms with Crippen LogP contribution in [0.3, 0.4) is 0 Å². The summed E-state index contributed by atoms with van der Waals surface area (Å²) in [4.78, 5) is 20.2. The standard InChI is InChI=1S/C9H6O.C7H6O/c1-2-8-3-5-9(7-10)6-4-8;8-6-7-4-2-1-3-5-7/h1,3-7H;1-6H. The first kappa shape index (κ1) is 13.4. The van der Waals surface area contributed by atoms with Crippen LogP contribution in [-0.4, -0.2) is 12.6 Å². The molecule has 0 aliphatic rings. The Morgan fingerprint density at radius 2 is 1.28 bits per heavy atom. The predicted octanol–water partition coefficient (Wildman–Crippen LogP) is 2.98. The molecular formula is C16H12O2. The highest BCUT2D eigenvalue weighted by Crippen LogP contribution is 1.99. The molecule has 0 fully saturated rings. The average Bonchev–Trinajstić information content (AvgIpc) is 2.49. The van der Waals surface area contributed by atoms with E-state index in [0.717, 1.165) is 23.7 Å². The number of terminal acetylenes is 1. The molecule has 0 saturated heterocycles. The number of hydrogen-bond acceptors (Lipinski definition) is 2. The van der Waals surface area contributed by atoms with Gasteiger partial charge in [-0.25, -0.2) is 0 Å². The third-order valence-corrected chi connectivity index (χ3v) is 2.15. The molecule has 0 aliphatic heterocycles. The van der Waals surface area contributed by atoms with Gasteiger partial charge in [0.05, 0.1) is 0 Å². The monoisotopic (exact) mass is 236 g/mol. The van der Waals surface area contributed by atoms with Gasteiger partial charge in [-0.05, 0) is 12.1 Å². The molecule has 18 heavy (non-hydrogen) atoms. The molecule has 0 radical (unpaired) electrons. The molecule has 0 spiro atoms. The SMILES string of the molecule is C#Cc1ccc(C=O)cc1.O=Cc1ccccc1. The maximum absolute atomic E-state index is 10.2. The molecule has 0 bridgehead atoms. The molecule has 0 unspecified atom stereocenters. The van der Waals surface area contributed by atoms with E-state index in [1.165, 1.54) is 0 Å². The van der Waals surface area contributed by atoms with Gasteiger partial charge in [-0.3, -0.25) is 9.59 Å². The Bertz CT molecular complexity index is 534. The first-order chi connectivity index (χ1) is 8.80. The van der Waals surface area contributed by atoms with E-state index in [2.05, 4.69) is 5.92 Å². The Morgan fingerprint density at radius 1 is 0.778 bits per heavy atom. The van der Waals surface area contributed by atoms with Crippen molar-refractivity contribution in [2.75, 3.05) is 0 Å². The van der Waals surface area contributed by atoms with Crippen LogP contribution in [0.25, 0.3) is 0 Å². The molecule has 2 aromatic carbocycles. The lowest BCUT2D eigenvalue weighted by Gasteiger charge is -1.88. The molecule has 0 aliphatic carbocycles. The second kappa shape index (κ2) is 7.59. The van der Waals surface area contributed by atoms with Crippen molar-refractivity contribution in [3.05, 3.63) is 71.3 Å². The minimum atomic E-state index is 0.652. The number of carbonyl (C=O) groups excluding carboxylic acids is 2. The summed E-state index contributed by atoms with van der Waals surface area (Å²) < 4.78 is 0. The maximum atomic E-state index is 10.2. The van der Waals surface area contributed by atoms with Crippen molar-refractivity contribution in [2.24, 2.45) is 0 Å². The summed E-state index contributed by atoms with van der Waals surface area (Å²) in [6.07, 6.45) is 6.73. The van der Waals surface area contributed by atoms with Crippen LogP contribution in [0, 0.1) is 12.3 Å². The number of aldehydes is 2. The fourth-order valence-electron chi connectivity index (χ4n) is 1.19. The molecule has 0 heterocycles. The zero-order valence-corrected chi connectivity index (χ0v) is 9.74. The third-order valence-electron chi connectivity index (χ3n) is 2.15. The highest BCUT2D eigenvalue weighted by Gasteiger charge is 1.87. The lowest BCUT2D eigenvalue weighted by atomic mass is 10.2. The summed E-state index contributed by atoms with van der Waals surface area (Å²) in [7, 11) is 0. The molecular weight excluding hydrogens is 224 g/mol. The molecule has 0 amide bonds. The van der Waals surface area contributed by atoms with Gasteiger partial charge in [0, 0.05) is 16.7 Å². The van der Waals surface area contributed by atoms with Crippen LogP contribution in [-0.2, 0) is 0 Å². The second-order valence-corrected chi connectivity index (χ2v) is 3.41. The maximum Gasteiger partial charge on any atom is 0.150 e. The molecule has 2 aromatic rings. The first-order valence-electron chi connectivity index (χ1n) is 5.32. The fourth-order valence-corrected chi connectivity index (χ4v) is 1.19. The van der Waals surface area contributed by atoms with E-state index >= 15 is 0 Å². The Kier molecular flexibility index (Phi) is 5.65. The fraction of sp³-hybridized carbons (Fsp3) is 0. The molecule has 0 saturated carbocycles. The Labute approximate surface area is 106 Å². The van der Waals surface area contributed by atoms with Gasteiger partial charge in [0.1, 0.15) is 12.6 Å². The van der Waals surface area contributed by atoms with Crippen molar-refractivity contribution >= 4 is 12.6 Å². The van der Waals surface area contributed by atoms with Crippen molar-refractivity contribution in [3.8, 4) is 12.3 Å². The summed E-state index contributed by atoms with van der Waals surface area (Å²) in [5.41, 5.74) is 2.18. The Balaban J connectivity index is 0.000000184. The lowest BCUT2D eigenvalue weighted by molar-refractivity contribution is 0.111. The van der Waals surface area contributed by atoms with Gasteiger partial charge in [-0.15, -0.1) is 6.42 Å². The van der Waals surface area contributed by atoms with Crippen LogP contribution < -0.4 is 0 Å². The van der Waals surface area contributed by atoms with Crippen LogP contribution in [0.5, 0.6) is 0 Å². The van der Waals surface area contributed by atoms with Crippen LogP contribution in [0.2, 0.25) is 0 Å². The summed E-state index contributed by atoms with van der Waals surface area (Å²) >= 11 is 0. The molecule has 0 atom stereocenters. The van der Waals surface area contributed by atoms with Gasteiger partial charge >= 0.3 is 0 Å². The van der Waals surface area contributed by atoms with Crippen molar-refractivity contribution in [1.29, 1.82) is 0 Å². The van der Waals surface area contributed by atoms with Gasteiger partial charge in [0.2, 0.25) is 0 Å². The minimum Gasteiger partial charge on any atom is -0.298 e. The minimum absolute atomic E-state index is 0.652. The zero-order chi connectivity index (χ0) is 13.2. The molecule has 2 heteroatoms. The summed E-state index contributed by atoms with van der Waals surface area (Å²) in [6.45, 7) is 0. The highest BCUT2D eigenvalue weighted by molar-refractivity contribution is 5.75. The van der Waals surface area contributed by atoms with Crippen molar-refractivity contribution in [3.63, 3.8) is 0 Å². The smallest absolute Gasteiger partial charge is 0.150 e. The van der Waals surface area contributed by atoms with Gasteiger partial charge in [0.15, 0.2) is 0 Å². The molecule has 0 aromatic heterocycles. The molecule has 2 nitrogen and oxygen atoms in total. The van der Waals surface area contributed by atoms with Gasteiger partial charge in [-0.1, -0.05) is 48.4 Å². The normalized spacial score (nSPS) is 8.39. The number of benzene rings is 2. The number of hydrogen-bond donors (Lipinski definition) is 0. The first-order valence-corrected chi connectivity index (χ1v) is 5.32. The summed E-state index contributed by atoms with van der Waals surface area (Å²) in [5.74, 6) is 2.46. The van der Waals surface area contributed by atoms with E-state index < -0.39 is 0 Å². The molecule has 0 N–H and O–H groups in total. The van der Waals surface area contributed by atoms with Crippen LogP contribution in [0.1, 0.15) is 26.3 Å². The van der Waals surface area contributed by atoms with E-state index in [9.17, 15) is 9.59 Å². The Morgan fingerprint density at radius 3 is 1.67 bits per heavy atom. The highest BCUT2D eigenvalue weighted by atomic mass is 16.1. The topological polar surface area (TPSA) is 34.1 Å². The second-order valence-electron chi connectivity index (χ2n) is 3.41. The van der Waals surface area contributed by atoms with Gasteiger partial charge in [-0.2, -0.15) is 0 Å². The number of carbonyl (C=O) groups is 2. The van der Waals surface area contributed by atoms with E-state index in [4.69, 9.17) is 6.42 Å². The van der Waals surface area contributed by atoms with Crippen molar-refractivity contribution in [1.82, 2.24) is 0 Å². The Hall–Kier alpha value is -2.66. The third kappa shape index (κ3) is 4.46. The van der Waals surface area contributed by atoms with E-state index in [1.54, 1.807) is 36.4 Å². The molecule has 2 rings (SSSR count). The zero-order valence-electron chi connectivity index (χ0n) is 9.74. The summed E-state index contributed by atoms with van der Waals surface area (Å²) in [6, 6.07) is 16.0.